The Kier molecular flexibility index (Phi) is 5.47. The van der Waals surface area contributed by atoms with Crippen LogP contribution in [0, 0.1) is 0 Å². The van der Waals surface area contributed by atoms with Crippen molar-refractivity contribution in [2.45, 2.75) is 0 Å². The molecule has 0 radical (unpaired) electrons. The Hall–Kier alpha value is -6.30. The van der Waals surface area contributed by atoms with Crippen molar-refractivity contribution in [1.82, 2.24) is 0 Å². The number of hydrogen-bond donors (Lipinski definition) is 0. The maximum absolute atomic E-state index is 6.44. The summed E-state index contributed by atoms with van der Waals surface area (Å²) in [6.45, 7) is 0.0996. The zero-order chi connectivity index (χ0) is 33.2. The van der Waals surface area contributed by atoms with Crippen LogP contribution in [0.5, 0.6) is 0 Å². The van der Waals surface area contributed by atoms with E-state index in [0.29, 0.717) is 0 Å². The van der Waals surface area contributed by atoms with Crippen LogP contribution < -0.4 is 26.2 Å². The van der Waals surface area contributed by atoms with Crippen molar-refractivity contribution in [2.24, 2.45) is 0 Å². The molecule has 0 N–H and O–H groups in total. The van der Waals surface area contributed by atoms with Crippen molar-refractivity contribution in [3.63, 3.8) is 0 Å². The number of thiophene rings is 1. The first kappa shape index (κ1) is 27.5. The molecule has 0 saturated heterocycles. The van der Waals surface area contributed by atoms with Gasteiger partial charge in [0.15, 0.2) is 0 Å². The summed E-state index contributed by atoms with van der Waals surface area (Å²) in [5, 5.41) is 7.29. The Balaban J connectivity index is 1.12. The lowest BCUT2D eigenvalue weighted by atomic mass is 9.33. The first-order valence-corrected chi connectivity index (χ1v) is 18.3. The van der Waals surface area contributed by atoms with Gasteiger partial charge in [0.25, 0.3) is 6.71 Å². The fraction of sp³-hybridized carbons (Fsp3) is 0. The molecule has 0 saturated carbocycles. The molecule has 0 fully saturated rings. The highest BCUT2D eigenvalue weighted by molar-refractivity contribution is 7.26. The average molecular weight is 667 g/mol. The summed E-state index contributed by atoms with van der Waals surface area (Å²) >= 11 is 1.88. The Labute approximate surface area is 298 Å². The second kappa shape index (κ2) is 10.1. The van der Waals surface area contributed by atoms with E-state index in [1.165, 1.54) is 75.8 Å². The molecule has 0 amide bonds. The molecule has 0 atom stereocenters. The van der Waals surface area contributed by atoms with Crippen LogP contribution in [0.25, 0.3) is 52.9 Å². The van der Waals surface area contributed by atoms with E-state index >= 15 is 0 Å². The molecule has 0 unspecified atom stereocenters. The van der Waals surface area contributed by atoms with E-state index in [1.54, 1.807) is 0 Å². The summed E-state index contributed by atoms with van der Waals surface area (Å²) in [6.07, 6.45) is 0. The maximum Gasteiger partial charge on any atom is 0.252 e. The number of fused-ring (bicyclic) bond motifs is 11. The standard InChI is InChI=1S/C46H27BN2OS/c1-2-12-29-26-43-33(25-28(29)11-1)34-27-30(23-24-42(34)50-43)48-37-17-6-4-15-35(37)47-36-16-5-7-18-38(36)49(40-20-10-19-39(48)45(40)47)41-21-9-14-32-31-13-3-8-22-44(31)51-46(32)41/h1-27H. The Morgan fingerprint density at radius 3 is 1.88 bits per heavy atom. The van der Waals surface area contributed by atoms with Gasteiger partial charge >= 0.3 is 0 Å². The second-order valence-corrected chi connectivity index (χ2v) is 14.7. The molecule has 12 rings (SSSR count). The molecule has 3 nitrogen and oxygen atoms in total. The smallest absolute Gasteiger partial charge is 0.252 e. The fourth-order valence-electron chi connectivity index (χ4n) is 8.87. The molecular weight excluding hydrogens is 639 g/mol. The molecule has 2 aliphatic rings. The van der Waals surface area contributed by atoms with Crippen molar-refractivity contribution in [2.75, 3.05) is 9.80 Å². The number of nitrogens with zero attached hydrogens (tertiary/aromatic N) is 2. The summed E-state index contributed by atoms with van der Waals surface area (Å²) in [5.41, 5.74) is 13.0. The van der Waals surface area contributed by atoms with E-state index in [-0.39, 0.29) is 6.71 Å². The normalized spacial score (nSPS) is 13.4. The van der Waals surface area contributed by atoms with Gasteiger partial charge in [-0.05, 0) is 93.9 Å². The minimum Gasteiger partial charge on any atom is -0.456 e. The molecule has 0 spiro atoms. The maximum atomic E-state index is 6.44. The number of hydrogen-bond acceptors (Lipinski definition) is 4. The van der Waals surface area contributed by atoms with Crippen LogP contribution in [-0.2, 0) is 0 Å². The predicted octanol–water partition coefficient (Wildman–Crippen LogP) is 11.2. The molecule has 236 valence electrons. The summed E-state index contributed by atoms with van der Waals surface area (Å²) < 4.78 is 9.06. The van der Waals surface area contributed by atoms with Crippen LogP contribution in [0.3, 0.4) is 0 Å². The highest BCUT2D eigenvalue weighted by Gasteiger charge is 2.43. The van der Waals surface area contributed by atoms with Crippen LogP contribution in [0.4, 0.5) is 34.1 Å². The predicted molar refractivity (Wildman–Crippen MR) is 218 cm³/mol. The van der Waals surface area contributed by atoms with E-state index < -0.39 is 0 Å². The van der Waals surface area contributed by atoms with Gasteiger partial charge in [0.2, 0.25) is 0 Å². The Bertz CT molecular complexity index is 3090. The van der Waals surface area contributed by atoms with Crippen molar-refractivity contribution < 1.29 is 4.42 Å². The minimum atomic E-state index is 0.0996. The Morgan fingerprint density at radius 1 is 0.431 bits per heavy atom. The van der Waals surface area contributed by atoms with Gasteiger partial charge in [0, 0.05) is 54.7 Å². The van der Waals surface area contributed by atoms with E-state index in [2.05, 4.69) is 174 Å². The van der Waals surface area contributed by atoms with E-state index in [9.17, 15) is 0 Å². The highest BCUT2D eigenvalue weighted by Crippen LogP contribution is 2.48. The Morgan fingerprint density at radius 2 is 1.04 bits per heavy atom. The number of para-hydroxylation sites is 2. The summed E-state index contributed by atoms with van der Waals surface area (Å²) in [5.74, 6) is 0. The molecule has 4 heterocycles. The summed E-state index contributed by atoms with van der Waals surface area (Å²) in [4.78, 5) is 4.99. The average Bonchev–Trinajstić information content (AvgIpc) is 3.74. The van der Waals surface area contributed by atoms with Crippen LogP contribution in [0.2, 0.25) is 0 Å². The van der Waals surface area contributed by atoms with Gasteiger partial charge in [0.05, 0.1) is 10.4 Å². The molecule has 2 aliphatic heterocycles. The van der Waals surface area contributed by atoms with Crippen LogP contribution in [0.15, 0.2) is 168 Å². The fourth-order valence-corrected chi connectivity index (χ4v) is 10.1. The third-order valence-electron chi connectivity index (χ3n) is 11.0. The van der Waals surface area contributed by atoms with Gasteiger partial charge < -0.3 is 14.2 Å². The quantitative estimate of drug-likeness (QED) is 0.171. The van der Waals surface area contributed by atoms with Crippen molar-refractivity contribution in [1.29, 1.82) is 0 Å². The largest absolute Gasteiger partial charge is 0.456 e. The number of furan rings is 1. The third kappa shape index (κ3) is 3.73. The molecule has 0 aliphatic carbocycles. The van der Waals surface area contributed by atoms with Crippen LogP contribution in [0.1, 0.15) is 0 Å². The van der Waals surface area contributed by atoms with E-state index in [0.717, 1.165) is 27.6 Å². The summed E-state index contributed by atoms with van der Waals surface area (Å²) in [7, 11) is 0. The lowest BCUT2D eigenvalue weighted by Crippen LogP contribution is -2.61. The lowest BCUT2D eigenvalue weighted by molar-refractivity contribution is 0.669. The zero-order valence-corrected chi connectivity index (χ0v) is 28.2. The molecule has 8 aromatic carbocycles. The van der Waals surface area contributed by atoms with E-state index in [1.807, 2.05) is 11.3 Å². The van der Waals surface area contributed by atoms with E-state index in [4.69, 9.17) is 4.42 Å². The highest BCUT2D eigenvalue weighted by atomic mass is 32.1. The SMILES string of the molecule is c1ccc2c(c1)B1c3ccccc3N(c3cccc4c3sc3ccccc34)c3cccc(c31)N2c1ccc2oc3cc4ccccc4cc3c2c1. The van der Waals surface area contributed by atoms with Gasteiger partial charge in [0.1, 0.15) is 11.2 Å². The number of benzene rings is 8. The topological polar surface area (TPSA) is 19.6 Å². The molecule has 2 aromatic heterocycles. The lowest BCUT2D eigenvalue weighted by Gasteiger charge is -2.44. The van der Waals surface area contributed by atoms with Crippen molar-refractivity contribution in [3.8, 4) is 0 Å². The van der Waals surface area contributed by atoms with Gasteiger partial charge in [-0.25, -0.2) is 0 Å². The third-order valence-corrected chi connectivity index (χ3v) is 12.2. The molecule has 51 heavy (non-hydrogen) atoms. The first-order chi connectivity index (χ1) is 25.3. The monoisotopic (exact) mass is 666 g/mol. The van der Waals surface area contributed by atoms with Crippen molar-refractivity contribution in [3.05, 3.63) is 164 Å². The van der Waals surface area contributed by atoms with Gasteiger partial charge in [-0.15, -0.1) is 11.3 Å². The van der Waals surface area contributed by atoms with Gasteiger partial charge in [-0.2, -0.15) is 0 Å². The first-order valence-electron chi connectivity index (χ1n) is 17.5. The van der Waals surface area contributed by atoms with Crippen LogP contribution >= 0.6 is 11.3 Å². The number of anilines is 6. The van der Waals surface area contributed by atoms with Crippen molar-refractivity contribution >= 4 is 121 Å². The molecular formula is C46H27BN2OS. The molecule has 0 bridgehead atoms. The van der Waals surface area contributed by atoms with Gasteiger partial charge in [-0.3, -0.25) is 0 Å². The number of rotatable bonds is 2. The molecule has 5 heteroatoms. The summed E-state index contributed by atoms with van der Waals surface area (Å²) in [6, 6.07) is 60.0. The second-order valence-electron chi connectivity index (χ2n) is 13.7. The zero-order valence-electron chi connectivity index (χ0n) is 27.4. The van der Waals surface area contributed by atoms with Crippen LogP contribution in [-0.4, -0.2) is 6.71 Å². The van der Waals surface area contributed by atoms with Gasteiger partial charge in [-0.1, -0.05) is 97.1 Å². The minimum absolute atomic E-state index is 0.0996. The molecule has 10 aromatic rings.